The van der Waals surface area contributed by atoms with Crippen molar-refractivity contribution >= 4 is 11.6 Å². The van der Waals surface area contributed by atoms with E-state index in [1.54, 1.807) is 19.2 Å². The van der Waals surface area contributed by atoms with E-state index in [2.05, 4.69) is 4.74 Å². The number of carbonyl (C=O) groups is 1. The lowest BCUT2D eigenvalue weighted by Gasteiger charge is -2.20. The van der Waals surface area contributed by atoms with Gasteiger partial charge < -0.3 is 24.8 Å². The molecule has 2 aromatic carbocycles. The Labute approximate surface area is 155 Å². The molecule has 6 nitrogen and oxygen atoms in total. The lowest BCUT2D eigenvalue weighted by atomic mass is 10.1. The van der Waals surface area contributed by atoms with Crippen LogP contribution < -0.4 is 19.9 Å². The largest absolute Gasteiger partial charge is 0.454 e. The Kier molecular flexibility index (Phi) is 5.63. The summed E-state index contributed by atoms with van der Waals surface area (Å²) < 4.78 is 40.5. The maximum absolute atomic E-state index is 12.7. The summed E-state index contributed by atoms with van der Waals surface area (Å²) in [7, 11) is 1.60. The van der Waals surface area contributed by atoms with Gasteiger partial charge in [-0.2, -0.15) is 8.78 Å². The molecule has 0 saturated heterocycles. The Morgan fingerprint density at radius 2 is 1.93 bits per heavy atom. The number of ether oxygens (including phenoxy) is 3. The molecule has 144 valence electrons. The molecular formula is C19H20F2N2O4. The van der Waals surface area contributed by atoms with Crippen molar-refractivity contribution < 1.29 is 27.8 Å². The second kappa shape index (κ2) is 8.11. The molecule has 0 aromatic heterocycles. The van der Waals surface area contributed by atoms with E-state index in [0.29, 0.717) is 29.2 Å². The number of nitrogen functional groups attached to an aromatic ring is 1. The Balaban J connectivity index is 1.68. The SMILES string of the molecule is CN(Cc1cc2c(cc1OC(F)F)OCO2)C(=O)CCc1ccccc1N. The van der Waals surface area contributed by atoms with E-state index < -0.39 is 6.61 Å². The highest BCUT2D eigenvalue weighted by Gasteiger charge is 2.22. The van der Waals surface area contributed by atoms with E-state index in [1.165, 1.54) is 11.0 Å². The number of benzene rings is 2. The fourth-order valence-corrected chi connectivity index (χ4v) is 2.83. The number of anilines is 1. The number of amides is 1. The molecule has 1 amide bonds. The van der Waals surface area contributed by atoms with Gasteiger partial charge in [-0.3, -0.25) is 4.79 Å². The number of aryl methyl sites for hydroxylation is 1. The zero-order valence-electron chi connectivity index (χ0n) is 14.8. The molecule has 0 saturated carbocycles. The number of fused-ring (bicyclic) bond motifs is 1. The quantitative estimate of drug-likeness (QED) is 0.749. The molecule has 0 fully saturated rings. The van der Waals surface area contributed by atoms with Crippen molar-refractivity contribution in [3.63, 3.8) is 0 Å². The number of halogens is 2. The molecule has 1 aliphatic heterocycles. The van der Waals surface area contributed by atoms with E-state index in [0.717, 1.165) is 5.56 Å². The lowest BCUT2D eigenvalue weighted by Crippen LogP contribution is -2.26. The number of carbonyl (C=O) groups excluding carboxylic acids is 1. The van der Waals surface area contributed by atoms with Gasteiger partial charge in [0.25, 0.3) is 0 Å². The van der Waals surface area contributed by atoms with Crippen LogP contribution in [0.3, 0.4) is 0 Å². The summed E-state index contributed by atoms with van der Waals surface area (Å²) in [6, 6.07) is 10.3. The van der Waals surface area contributed by atoms with Crippen LogP contribution in [0.15, 0.2) is 36.4 Å². The molecule has 1 heterocycles. The molecule has 27 heavy (non-hydrogen) atoms. The van der Waals surface area contributed by atoms with Crippen LogP contribution in [0.5, 0.6) is 17.2 Å². The smallest absolute Gasteiger partial charge is 0.387 e. The summed E-state index contributed by atoms with van der Waals surface area (Å²) in [4.78, 5) is 13.9. The van der Waals surface area contributed by atoms with Gasteiger partial charge in [0.05, 0.1) is 0 Å². The zero-order chi connectivity index (χ0) is 19.4. The second-order valence-electron chi connectivity index (χ2n) is 6.14. The van der Waals surface area contributed by atoms with Crippen molar-refractivity contribution in [3.05, 3.63) is 47.5 Å². The molecule has 0 unspecified atom stereocenters. The molecule has 8 heteroatoms. The van der Waals surface area contributed by atoms with Crippen LogP contribution in [0.4, 0.5) is 14.5 Å². The zero-order valence-corrected chi connectivity index (χ0v) is 14.8. The van der Waals surface area contributed by atoms with Gasteiger partial charge in [-0.05, 0) is 24.1 Å². The van der Waals surface area contributed by atoms with Crippen LogP contribution in [-0.4, -0.2) is 31.3 Å². The predicted molar refractivity (Wildman–Crippen MR) is 94.8 cm³/mol. The van der Waals surface area contributed by atoms with Gasteiger partial charge in [-0.15, -0.1) is 0 Å². The number of alkyl halides is 2. The first-order valence-electron chi connectivity index (χ1n) is 8.38. The van der Waals surface area contributed by atoms with Crippen LogP contribution in [0.25, 0.3) is 0 Å². The number of nitrogens with two attached hydrogens (primary N) is 1. The number of para-hydroxylation sites is 1. The monoisotopic (exact) mass is 378 g/mol. The van der Waals surface area contributed by atoms with Crippen molar-refractivity contribution in [2.45, 2.75) is 26.0 Å². The highest BCUT2D eigenvalue weighted by molar-refractivity contribution is 5.76. The minimum absolute atomic E-state index is 0.0141. The Hall–Kier alpha value is -3.03. The van der Waals surface area contributed by atoms with Gasteiger partial charge in [-0.25, -0.2) is 0 Å². The van der Waals surface area contributed by atoms with E-state index in [1.807, 2.05) is 18.2 Å². The standard InChI is InChI=1S/C19H20F2N2O4/c1-23(18(24)7-6-12-4-2-3-5-14(12)22)10-13-8-16-17(26-11-25-16)9-15(13)27-19(20)21/h2-5,8-9,19H,6-7,10-11,22H2,1H3. The second-order valence-corrected chi connectivity index (χ2v) is 6.14. The summed E-state index contributed by atoms with van der Waals surface area (Å²) in [5.74, 6) is 0.590. The molecule has 0 bridgehead atoms. The molecule has 0 radical (unpaired) electrons. The molecule has 0 atom stereocenters. The van der Waals surface area contributed by atoms with Crippen LogP contribution in [0, 0.1) is 0 Å². The minimum Gasteiger partial charge on any atom is -0.454 e. The molecule has 0 aliphatic carbocycles. The minimum atomic E-state index is -2.98. The van der Waals surface area contributed by atoms with Gasteiger partial charge >= 0.3 is 6.61 Å². The molecule has 0 spiro atoms. The van der Waals surface area contributed by atoms with Crippen LogP contribution in [0.2, 0.25) is 0 Å². The third kappa shape index (κ3) is 4.58. The van der Waals surface area contributed by atoms with Crippen molar-refractivity contribution in [1.82, 2.24) is 4.90 Å². The van der Waals surface area contributed by atoms with E-state index in [9.17, 15) is 13.6 Å². The molecule has 1 aliphatic rings. The van der Waals surface area contributed by atoms with Crippen molar-refractivity contribution in [2.75, 3.05) is 19.6 Å². The maximum Gasteiger partial charge on any atom is 0.387 e. The van der Waals surface area contributed by atoms with Crippen LogP contribution >= 0.6 is 0 Å². The van der Waals surface area contributed by atoms with Gasteiger partial charge in [-0.1, -0.05) is 18.2 Å². The molecule has 2 aromatic rings. The summed E-state index contributed by atoms with van der Waals surface area (Å²) in [6.07, 6.45) is 0.748. The van der Waals surface area contributed by atoms with Gasteiger partial charge in [0.1, 0.15) is 5.75 Å². The van der Waals surface area contributed by atoms with Crippen molar-refractivity contribution in [1.29, 1.82) is 0 Å². The maximum atomic E-state index is 12.7. The fourth-order valence-electron chi connectivity index (χ4n) is 2.83. The first kappa shape index (κ1) is 18.8. The Morgan fingerprint density at radius 3 is 2.63 bits per heavy atom. The number of rotatable bonds is 7. The first-order valence-corrected chi connectivity index (χ1v) is 8.38. The lowest BCUT2D eigenvalue weighted by molar-refractivity contribution is -0.130. The van der Waals surface area contributed by atoms with Gasteiger partial charge in [0.15, 0.2) is 11.5 Å². The molecule has 2 N–H and O–H groups in total. The normalized spacial score (nSPS) is 12.3. The number of hydrogen-bond acceptors (Lipinski definition) is 5. The molecular weight excluding hydrogens is 358 g/mol. The summed E-state index contributed by atoms with van der Waals surface area (Å²) in [5.41, 5.74) is 7.83. The first-order chi connectivity index (χ1) is 12.9. The van der Waals surface area contributed by atoms with Crippen LogP contribution in [-0.2, 0) is 17.8 Å². The highest BCUT2D eigenvalue weighted by Crippen LogP contribution is 2.39. The fraction of sp³-hybridized carbons (Fsp3) is 0.316. The average Bonchev–Trinajstić information content (AvgIpc) is 3.07. The Morgan fingerprint density at radius 1 is 1.22 bits per heavy atom. The summed E-state index contributed by atoms with van der Waals surface area (Å²) in [6.45, 7) is -2.87. The van der Waals surface area contributed by atoms with Crippen molar-refractivity contribution in [2.24, 2.45) is 0 Å². The topological polar surface area (TPSA) is 74.0 Å². The van der Waals surface area contributed by atoms with Gasteiger partial charge in [0, 0.05) is 37.3 Å². The number of hydrogen-bond donors (Lipinski definition) is 1. The van der Waals surface area contributed by atoms with Gasteiger partial charge in [0.2, 0.25) is 12.7 Å². The third-order valence-electron chi connectivity index (χ3n) is 4.27. The number of nitrogens with zero attached hydrogens (tertiary/aromatic N) is 1. The van der Waals surface area contributed by atoms with E-state index >= 15 is 0 Å². The predicted octanol–water partition coefficient (Wildman–Crippen LogP) is 3.19. The van der Waals surface area contributed by atoms with Crippen molar-refractivity contribution in [3.8, 4) is 17.2 Å². The summed E-state index contributed by atoms with van der Waals surface area (Å²) >= 11 is 0. The van der Waals surface area contributed by atoms with E-state index in [-0.39, 0.29) is 31.4 Å². The van der Waals surface area contributed by atoms with Crippen LogP contribution in [0.1, 0.15) is 17.5 Å². The third-order valence-corrected chi connectivity index (χ3v) is 4.27. The van der Waals surface area contributed by atoms with E-state index in [4.69, 9.17) is 15.2 Å². The highest BCUT2D eigenvalue weighted by atomic mass is 19.3. The molecule has 3 rings (SSSR count). The average molecular weight is 378 g/mol. The summed E-state index contributed by atoms with van der Waals surface area (Å²) in [5, 5.41) is 0. The Bertz CT molecular complexity index is 829.